The molecule has 0 aliphatic carbocycles. The lowest BCUT2D eigenvalue weighted by atomic mass is 9.91. The summed E-state index contributed by atoms with van der Waals surface area (Å²) in [4.78, 5) is 11.7. The molecule has 116 valence electrons. The standard InChI is InChI=1S/C16H17NO3.C2H4/c1-10(11-3-6-13(18)7-4-11)12-5-8-15(19)14(9-12)16(20)17-2;1-2/h3-10,18-19H,1-2H3,(H,17,20);1-2H2. The number of aromatic hydroxyl groups is 2. The number of phenolic OH excluding ortho intramolecular Hbond substituents is 2. The number of benzene rings is 2. The molecule has 0 fully saturated rings. The number of hydrogen-bond acceptors (Lipinski definition) is 3. The van der Waals surface area contributed by atoms with Gasteiger partial charge in [0.15, 0.2) is 0 Å². The van der Waals surface area contributed by atoms with Gasteiger partial charge in [-0.1, -0.05) is 25.1 Å². The molecular weight excluding hydrogens is 278 g/mol. The van der Waals surface area contributed by atoms with Crippen molar-refractivity contribution < 1.29 is 15.0 Å². The van der Waals surface area contributed by atoms with E-state index in [1.165, 1.54) is 13.1 Å². The highest BCUT2D eigenvalue weighted by Gasteiger charge is 2.14. The molecule has 0 aromatic heterocycles. The van der Waals surface area contributed by atoms with Crippen LogP contribution in [0.1, 0.15) is 34.3 Å². The molecule has 0 aliphatic rings. The van der Waals surface area contributed by atoms with E-state index in [1.54, 1.807) is 24.3 Å². The van der Waals surface area contributed by atoms with Gasteiger partial charge in [0.05, 0.1) is 5.56 Å². The highest BCUT2D eigenvalue weighted by Crippen LogP contribution is 2.29. The second kappa shape index (κ2) is 7.88. The maximum absolute atomic E-state index is 11.7. The summed E-state index contributed by atoms with van der Waals surface area (Å²) in [6.45, 7) is 8.01. The predicted molar refractivity (Wildman–Crippen MR) is 88.4 cm³/mol. The Bertz CT molecular complexity index is 635. The Morgan fingerprint density at radius 3 is 2.14 bits per heavy atom. The summed E-state index contributed by atoms with van der Waals surface area (Å²) in [5, 5.41) is 21.5. The third kappa shape index (κ3) is 3.88. The predicted octanol–water partition coefficient (Wildman–Crippen LogP) is 3.41. The summed E-state index contributed by atoms with van der Waals surface area (Å²) in [5.41, 5.74) is 2.21. The van der Waals surface area contributed by atoms with Gasteiger partial charge < -0.3 is 15.5 Å². The Balaban J connectivity index is 0.00000116. The van der Waals surface area contributed by atoms with Crippen molar-refractivity contribution in [2.75, 3.05) is 7.05 Å². The first kappa shape index (κ1) is 17.3. The Morgan fingerprint density at radius 1 is 1.05 bits per heavy atom. The molecule has 1 atom stereocenters. The molecular formula is C18H21NO3. The van der Waals surface area contributed by atoms with Gasteiger partial charge in [-0.2, -0.15) is 0 Å². The van der Waals surface area contributed by atoms with E-state index in [0.717, 1.165) is 11.1 Å². The molecule has 2 aromatic rings. The lowest BCUT2D eigenvalue weighted by molar-refractivity contribution is 0.0960. The average Bonchev–Trinajstić information content (AvgIpc) is 2.56. The molecule has 3 N–H and O–H groups in total. The van der Waals surface area contributed by atoms with Gasteiger partial charge in [0.25, 0.3) is 5.91 Å². The minimum Gasteiger partial charge on any atom is -0.508 e. The van der Waals surface area contributed by atoms with Crippen LogP contribution in [0.15, 0.2) is 55.6 Å². The number of hydrogen-bond donors (Lipinski definition) is 3. The molecule has 0 saturated heterocycles. The molecule has 4 heteroatoms. The lowest BCUT2D eigenvalue weighted by Crippen LogP contribution is -2.18. The molecule has 0 heterocycles. The van der Waals surface area contributed by atoms with Gasteiger partial charge >= 0.3 is 0 Å². The van der Waals surface area contributed by atoms with E-state index in [0.29, 0.717) is 0 Å². The van der Waals surface area contributed by atoms with E-state index >= 15 is 0 Å². The molecule has 0 aliphatic heterocycles. The smallest absolute Gasteiger partial charge is 0.254 e. The van der Waals surface area contributed by atoms with Gasteiger partial charge in [-0.3, -0.25) is 4.79 Å². The highest BCUT2D eigenvalue weighted by molar-refractivity contribution is 5.96. The topological polar surface area (TPSA) is 69.6 Å². The quantitative estimate of drug-likeness (QED) is 0.761. The highest BCUT2D eigenvalue weighted by atomic mass is 16.3. The van der Waals surface area contributed by atoms with Gasteiger partial charge in [-0.25, -0.2) is 0 Å². The number of rotatable bonds is 3. The van der Waals surface area contributed by atoms with Crippen molar-refractivity contribution in [3.8, 4) is 11.5 Å². The number of phenols is 2. The number of carbonyl (C=O) groups excluding carboxylic acids is 1. The molecule has 1 amide bonds. The van der Waals surface area contributed by atoms with E-state index in [2.05, 4.69) is 18.5 Å². The van der Waals surface area contributed by atoms with E-state index < -0.39 is 0 Å². The van der Waals surface area contributed by atoms with Crippen molar-refractivity contribution in [1.82, 2.24) is 5.32 Å². The zero-order chi connectivity index (χ0) is 16.7. The van der Waals surface area contributed by atoms with E-state index in [-0.39, 0.29) is 28.9 Å². The largest absolute Gasteiger partial charge is 0.508 e. The van der Waals surface area contributed by atoms with Crippen molar-refractivity contribution in [2.24, 2.45) is 0 Å². The number of nitrogens with one attached hydrogen (secondary N) is 1. The van der Waals surface area contributed by atoms with Crippen LogP contribution < -0.4 is 5.32 Å². The summed E-state index contributed by atoms with van der Waals surface area (Å²) >= 11 is 0. The van der Waals surface area contributed by atoms with Crippen molar-refractivity contribution in [1.29, 1.82) is 0 Å². The molecule has 4 nitrogen and oxygen atoms in total. The van der Waals surface area contributed by atoms with Crippen LogP contribution in [-0.2, 0) is 0 Å². The van der Waals surface area contributed by atoms with Crippen LogP contribution in [0.2, 0.25) is 0 Å². The van der Waals surface area contributed by atoms with Crippen molar-refractivity contribution in [2.45, 2.75) is 12.8 Å². The first-order chi connectivity index (χ1) is 10.5. The fraction of sp³-hybridized carbons (Fsp3) is 0.167. The maximum Gasteiger partial charge on any atom is 0.254 e. The summed E-state index contributed by atoms with van der Waals surface area (Å²) in [5.74, 6) is -0.0782. The Labute approximate surface area is 130 Å². The lowest BCUT2D eigenvalue weighted by Gasteiger charge is -2.14. The fourth-order valence-electron chi connectivity index (χ4n) is 2.09. The van der Waals surface area contributed by atoms with Crippen LogP contribution in [0.25, 0.3) is 0 Å². The molecule has 0 saturated carbocycles. The maximum atomic E-state index is 11.7. The van der Waals surface area contributed by atoms with Crippen LogP contribution in [0, 0.1) is 0 Å². The minimum atomic E-state index is -0.317. The van der Waals surface area contributed by atoms with Gasteiger partial charge in [-0.05, 0) is 35.4 Å². The molecule has 0 radical (unpaired) electrons. The molecule has 2 aromatic carbocycles. The SMILES string of the molecule is C=C.CNC(=O)c1cc(C(C)c2ccc(O)cc2)ccc1O. The van der Waals surface area contributed by atoms with E-state index in [4.69, 9.17) is 0 Å². The van der Waals surface area contributed by atoms with E-state index in [1.807, 2.05) is 19.1 Å². The van der Waals surface area contributed by atoms with Crippen molar-refractivity contribution >= 4 is 5.91 Å². The molecule has 22 heavy (non-hydrogen) atoms. The first-order valence-corrected chi connectivity index (χ1v) is 6.87. The van der Waals surface area contributed by atoms with Gasteiger partial charge in [0.2, 0.25) is 0 Å². The van der Waals surface area contributed by atoms with Crippen LogP contribution in [0.3, 0.4) is 0 Å². The van der Waals surface area contributed by atoms with Gasteiger partial charge in [-0.15, -0.1) is 13.2 Å². The van der Waals surface area contributed by atoms with Crippen LogP contribution >= 0.6 is 0 Å². The normalized spacial score (nSPS) is 11.0. The molecule has 1 unspecified atom stereocenters. The number of amides is 1. The van der Waals surface area contributed by atoms with Crippen LogP contribution in [0.4, 0.5) is 0 Å². The minimum absolute atomic E-state index is 0.0361. The van der Waals surface area contributed by atoms with Gasteiger partial charge in [0.1, 0.15) is 11.5 Å². The monoisotopic (exact) mass is 299 g/mol. The second-order valence-electron chi connectivity index (χ2n) is 4.67. The van der Waals surface area contributed by atoms with Crippen LogP contribution in [0.5, 0.6) is 11.5 Å². The van der Waals surface area contributed by atoms with Gasteiger partial charge in [0, 0.05) is 13.0 Å². The summed E-state index contributed by atoms with van der Waals surface area (Å²) in [6.07, 6.45) is 0. The third-order valence-corrected chi connectivity index (χ3v) is 3.39. The first-order valence-electron chi connectivity index (χ1n) is 6.87. The average molecular weight is 299 g/mol. The zero-order valence-electron chi connectivity index (χ0n) is 12.8. The second-order valence-corrected chi connectivity index (χ2v) is 4.67. The third-order valence-electron chi connectivity index (χ3n) is 3.39. The molecule has 2 rings (SSSR count). The van der Waals surface area contributed by atoms with Crippen molar-refractivity contribution in [3.05, 3.63) is 72.3 Å². The molecule has 0 spiro atoms. The fourth-order valence-corrected chi connectivity index (χ4v) is 2.09. The zero-order valence-corrected chi connectivity index (χ0v) is 12.8. The summed E-state index contributed by atoms with van der Waals surface area (Å²) < 4.78 is 0. The molecule has 0 bridgehead atoms. The van der Waals surface area contributed by atoms with Crippen molar-refractivity contribution in [3.63, 3.8) is 0 Å². The summed E-state index contributed by atoms with van der Waals surface area (Å²) in [6, 6.07) is 11.9. The summed E-state index contributed by atoms with van der Waals surface area (Å²) in [7, 11) is 1.53. The Morgan fingerprint density at radius 2 is 1.59 bits per heavy atom. The van der Waals surface area contributed by atoms with E-state index in [9.17, 15) is 15.0 Å². The van der Waals surface area contributed by atoms with Crippen LogP contribution in [-0.4, -0.2) is 23.2 Å². The number of carbonyl (C=O) groups is 1. The Kier molecular flexibility index (Phi) is 6.20. The Hall–Kier alpha value is -2.75.